The third-order valence-electron chi connectivity index (χ3n) is 2.84. The maximum atomic E-state index is 12.7. The molecule has 1 unspecified atom stereocenters. The summed E-state index contributed by atoms with van der Waals surface area (Å²) in [6.45, 7) is -1.67. The molecular formula is C9H11F3N2O2. The molecule has 16 heavy (non-hydrogen) atoms. The second-order valence-electron chi connectivity index (χ2n) is 3.84. The molecule has 4 nitrogen and oxygen atoms in total. The lowest BCUT2D eigenvalue weighted by Gasteiger charge is -2.29. The Balaban J connectivity index is 2.77. The zero-order valence-electron chi connectivity index (χ0n) is 8.42. The van der Waals surface area contributed by atoms with Crippen LogP contribution in [0.15, 0.2) is 0 Å². The first-order valence-electron chi connectivity index (χ1n) is 4.68. The lowest BCUT2D eigenvalue weighted by Crippen LogP contribution is -2.44. The zero-order chi connectivity index (χ0) is 12.4. The molecule has 1 heterocycles. The normalized spacial score (nSPS) is 25.6. The summed E-state index contributed by atoms with van der Waals surface area (Å²) in [6.07, 6.45) is -5.28. The number of likely N-dealkylation sites (tertiary alicyclic amines) is 1. The average Bonchev–Trinajstić information content (AvgIpc) is 2.62. The van der Waals surface area contributed by atoms with E-state index < -0.39 is 37.1 Å². The van der Waals surface area contributed by atoms with Gasteiger partial charge in [0.05, 0.1) is 12.7 Å². The number of nitriles is 1. The summed E-state index contributed by atoms with van der Waals surface area (Å²) in [5, 5.41) is 17.1. The average molecular weight is 236 g/mol. The molecule has 0 saturated carbocycles. The Morgan fingerprint density at radius 2 is 2.19 bits per heavy atom. The van der Waals surface area contributed by atoms with Gasteiger partial charge in [0, 0.05) is 13.1 Å². The van der Waals surface area contributed by atoms with Crippen LogP contribution < -0.4 is 0 Å². The second-order valence-corrected chi connectivity index (χ2v) is 3.84. The van der Waals surface area contributed by atoms with Crippen LogP contribution in [0.2, 0.25) is 0 Å². The highest BCUT2D eigenvalue weighted by atomic mass is 19.4. The first kappa shape index (κ1) is 12.8. The van der Waals surface area contributed by atoms with Gasteiger partial charge in [0.1, 0.15) is 11.8 Å². The fraction of sp³-hybridized carbons (Fsp3) is 0.778. The number of hydrogen-bond donors (Lipinski definition) is 1. The minimum absolute atomic E-state index is 0.0689. The first-order chi connectivity index (χ1) is 7.36. The SMILES string of the molecule is N#CCC(=O)N1CCC(CO)(C(F)(F)F)C1. The van der Waals surface area contributed by atoms with Gasteiger partial charge >= 0.3 is 6.18 Å². The smallest absolute Gasteiger partial charge is 0.395 e. The summed E-state index contributed by atoms with van der Waals surface area (Å²) in [4.78, 5) is 12.2. The highest BCUT2D eigenvalue weighted by Crippen LogP contribution is 2.45. The van der Waals surface area contributed by atoms with Gasteiger partial charge < -0.3 is 10.0 Å². The number of hydrogen-bond acceptors (Lipinski definition) is 3. The van der Waals surface area contributed by atoms with E-state index in [9.17, 15) is 18.0 Å². The van der Waals surface area contributed by atoms with Crippen LogP contribution in [-0.2, 0) is 4.79 Å². The summed E-state index contributed by atoms with van der Waals surface area (Å²) in [7, 11) is 0. The molecule has 1 N–H and O–H groups in total. The quantitative estimate of drug-likeness (QED) is 0.766. The molecule has 1 fully saturated rings. The number of aliphatic hydroxyl groups is 1. The van der Waals surface area contributed by atoms with Crippen LogP contribution >= 0.6 is 0 Å². The predicted octanol–water partition coefficient (Wildman–Crippen LogP) is 0.673. The minimum atomic E-state index is -4.54. The largest absolute Gasteiger partial charge is 0.398 e. The van der Waals surface area contributed by atoms with Gasteiger partial charge in [0.15, 0.2) is 0 Å². The predicted molar refractivity (Wildman–Crippen MR) is 47.0 cm³/mol. The lowest BCUT2D eigenvalue weighted by atomic mass is 9.87. The van der Waals surface area contributed by atoms with Gasteiger partial charge in [-0.15, -0.1) is 0 Å². The number of amides is 1. The van der Waals surface area contributed by atoms with Gasteiger partial charge in [0.2, 0.25) is 5.91 Å². The molecule has 90 valence electrons. The Labute approximate surface area is 90.3 Å². The van der Waals surface area contributed by atoms with Gasteiger partial charge in [-0.1, -0.05) is 0 Å². The molecule has 0 aromatic carbocycles. The van der Waals surface area contributed by atoms with Crippen molar-refractivity contribution in [2.24, 2.45) is 5.41 Å². The van der Waals surface area contributed by atoms with Crippen molar-refractivity contribution < 1.29 is 23.1 Å². The fourth-order valence-electron chi connectivity index (χ4n) is 1.71. The summed E-state index contributed by atoms with van der Waals surface area (Å²) >= 11 is 0. The Morgan fingerprint density at radius 1 is 1.56 bits per heavy atom. The van der Waals surface area contributed by atoms with E-state index in [4.69, 9.17) is 10.4 Å². The summed E-state index contributed by atoms with van der Waals surface area (Å²) in [5.41, 5.74) is -2.22. The minimum Gasteiger partial charge on any atom is -0.395 e. The summed E-state index contributed by atoms with van der Waals surface area (Å²) in [6, 6.07) is 1.59. The number of halogens is 3. The Bertz CT molecular complexity index is 324. The molecule has 1 amide bonds. The van der Waals surface area contributed by atoms with Crippen molar-refractivity contribution in [3.8, 4) is 6.07 Å². The van der Waals surface area contributed by atoms with Crippen molar-refractivity contribution in [3.05, 3.63) is 0 Å². The van der Waals surface area contributed by atoms with E-state index in [1.165, 1.54) is 0 Å². The Hall–Kier alpha value is -1.29. The first-order valence-corrected chi connectivity index (χ1v) is 4.68. The van der Waals surface area contributed by atoms with E-state index in [0.717, 1.165) is 4.90 Å². The molecule has 0 radical (unpaired) electrons. The summed E-state index contributed by atoms with van der Waals surface area (Å²) < 4.78 is 38.0. The fourth-order valence-corrected chi connectivity index (χ4v) is 1.71. The van der Waals surface area contributed by atoms with Crippen molar-refractivity contribution in [1.82, 2.24) is 4.90 Å². The van der Waals surface area contributed by atoms with Gasteiger partial charge in [0.25, 0.3) is 0 Å². The molecule has 1 aliphatic rings. The standard InChI is InChI=1S/C9H11F3N2O2/c10-9(11,12)8(6-15)2-4-14(5-8)7(16)1-3-13/h15H,1-2,4-6H2. The van der Waals surface area contributed by atoms with Crippen molar-refractivity contribution in [2.75, 3.05) is 19.7 Å². The van der Waals surface area contributed by atoms with Crippen molar-refractivity contribution in [3.63, 3.8) is 0 Å². The number of carbonyl (C=O) groups excluding carboxylic acids is 1. The molecule has 0 bridgehead atoms. The highest BCUT2D eigenvalue weighted by Gasteiger charge is 2.58. The molecule has 0 aromatic heterocycles. The Kier molecular flexibility index (Phi) is 3.43. The monoisotopic (exact) mass is 236 g/mol. The van der Waals surface area contributed by atoms with Crippen LogP contribution in [0.1, 0.15) is 12.8 Å². The van der Waals surface area contributed by atoms with E-state index in [0.29, 0.717) is 0 Å². The lowest BCUT2D eigenvalue weighted by molar-refractivity contribution is -0.230. The van der Waals surface area contributed by atoms with E-state index in [1.54, 1.807) is 6.07 Å². The molecular weight excluding hydrogens is 225 g/mol. The van der Waals surface area contributed by atoms with Crippen molar-refractivity contribution >= 4 is 5.91 Å². The summed E-state index contributed by atoms with van der Waals surface area (Å²) in [5.74, 6) is -0.623. The van der Waals surface area contributed by atoms with Crippen molar-refractivity contribution in [2.45, 2.75) is 19.0 Å². The number of aliphatic hydroxyl groups excluding tert-OH is 1. The van der Waals surface area contributed by atoms with E-state index in [-0.39, 0.29) is 13.0 Å². The van der Waals surface area contributed by atoms with Gasteiger partial charge in [-0.2, -0.15) is 18.4 Å². The molecule has 1 atom stereocenters. The van der Waals surface area contributed by atoms with Crippen LogP contribution in [0.5, 0.6) is 0 Å². The van der Waals surface area contributed by atoms with Crippen LogP contribution in [-0.4, -0.2) is 41.8 Å². The molecule has 1 aliphatic heterocycles. The molecule has 0 aliphatic carbocycles. The van der Waals surface area contributed by atoms with E-state index >= 15 is 0 Å². The van der Waals surface area contributed by atoms with Gasteiger partial charge in [-0.05, 0) is 6.42 Å². The van der Waals surface area contributed by atoms with Crippen molar-refractivity contribution in [1.29, 1.82) is 5.26 Å². The van der Waals surface area contributed by atoms with Crippen LogP contribution in [0, 0.1) is 16.7 Å². The maximum Gasteiger partial charge on any atom is 0.398 e. The molecule has 1 saturated heterocycles. The Morgan fingerprint density at radius 3 is 2.56 bits per heavy atom. The molecule has 7 heteroatoms. The van der Waals surface area contributed by atoms with Crippen LogP contribution in [0.3, 0.4) is 0 Å². The third-order valence-corrected chi connectivity index (χ3v) is 2.84. The van der Waals surface area contributed by atoms with Crippen LogP contribution in [0.4, 0.5) is 13.2 Å². The molecule has 0 aromatic rings. The van der Waals surface area contributed by atoms with Gasteiger partial charge in [-0.25, -0.2) is 0 Å². The highest BCUT2D eigenvalue weighted by molar-refractivity contribution is 5.78. The number of carbonyl (C=O) groups is 1. The topological polar surface area (TPSA) is 64.3 Å². The number of nitrogens with zero attached hydrogens (tertiary/aromatic N) is 2. The molecule has 1 rings (SSSR count). The van der Waals surface area contributed by atoms with Crippen LogP contribution in [0.25, 0.3) is 0 Å². The number of rotatable bonds is 2. The van der Waals surface area contributed by atoms with Gasteiger partial charge in [-0.3, -0.25) is 4.79 Å². The third kappa shape index (κ3) is 2.11. The second kappa shape index (κ2) is 4.29. The zero-order valence-corrected chi connectivity index (χ0v) is 8.42. The van der Waals surface area contributed by atoms with E-state index in [1.807, 2.05) is 0 Å². The number of alkyl halides is 3. The maximum absolute atomic E-state index is 12.7. The molecule has 0 spiro atoms. The van der Waals surface area contributed by atoms with E-state index in [2.05, 4.69) is 0 Å².